The smallest absolute Gasteiger partial charge is 0.311 e. The molecule has 6 nitrogen and oxygen atoms in total. The van der Waals surface area contributed by atoms with Gasteiger partial charge < -0.3 is 9.15 Å². The van der Waals surface area contributed by atoms with Crippen LogP contribution in [0.25, 0.3) is 0 Å². The van der Waals surface area contributed by atoms with Crippen LogP contribution >= 0.6 is 11.3 Å². The summed E-state index contributed by atoms with van der Waals surface area (Å²) in [6.07, 6.45) is 4.98. The maximum absolute atomic E-state index is 11.3. The van der Waals surface area contributed by atoms with Gasteiger partial charge in [0.1, 0.15) is 5.76 Å². The van der Waals surface area contributed by atoms with Gasteiger partial charge in [0.2, 0.25) is 5.13 Å². The Kier molecular flexibility index (Phi) is 4.68. The second kappa shape index (κ2) is 6.69. The first-order valence-electron chi connectivity index (χ1n) is 5.71. The van der Waals surface area contributed by atoms with Crippen molar-refractivity contribution in [2.75, 3.05) is 12.0 Å². The molecule has 0 aliphatic rings. The lowest BCUT2D eigenvalue weighted by atomic mass is 10.4. The number of thiazole rings is 1. The minimum absolute atomic E-state index is 0.231. The highest BCUT2D eigenvalue weighted by Crippen LogP contribution is 2.18. The molecule has 0 aromatic carbocycles. The maximum Gasteiger partial charge on any atom is 0.311 e. The minimum atomic E-state index is -0.253. The Morgan fingerprint density at radius 2 is 2.58 bits per heavy atom. The lowest BCUT2D eigenvalue weighted by Crippen LogP contribution is -2.06. The van der Waals surface area contributed by atoms with E-state index in [2.05, 4.69) is 15.5 Å². The van der Waals surface area contributed by atoms with Crippen LogP contribution in [0.15, 0.2) is 34.1 Å². The van der Waals surface area contributed by atoms with Crippen LogP contribution in [0.2, 0.25) is 0 Å². The highest BCUT2D eigenvalue weighted by Gasteiger charge is 2.07. The van der Waals surface area contributed by atoms with Gasteiger partial charge in [-0.15, -0.1) is 0 Å². The number of anilines is 1. The van der Waals surface area contributed by atoms with Gasteiger partial charge in [0.25, 0.3) is 0 Å². The van der Waals surface area contributed by atoms with E-state index in [0.29, 0.717) is 17.5 Å². The molecule has 0 spiro atoms. The summed E-state index contributed by atoms with van der Waals surface area (Å²) in [5.74, 6) is 0.396. The summed E-state index contributed by atoms with van der Waals surface area (Å²) in [6, 6.07) is 3.57. The first-order valence-corrected chi connectivity index (χ1v) is 6.52. The summed E-state index contributed by atoms with van der Waals surface area (Å²) in [5, 5.41) is 4.59. The third-order valence-corrected chi connectivity index (χ3v) is 2.97. The SMILES string of the molecule is CCOC(=O)Cc1cnc(N/N=C/c2ccco2)s1. The summed E-state index contributed by atoms with van der Waals surface area (Å²) < 4.78 is 9.95. The van der Waals surface area contributed by atoms with Crippen molar-refractivity contribution in [2.45, 2.75) is 13.3 Å². The molecule has 1 N–H and O–H groups in total. The molecule has 7 heteroatoms. The number of esters is 1. The minimum Gasteiger partial charge on any atom is -0.466 e. The molecule has 0 bridgehead atoms. The zero-order valence-electron chi connectivity index (χ0n) is 10.3. The lowest BCUT2D eigenvalue weighted by molar-refractivity contribution is -0.142. The van der Waals surface area contributed by atoms with Gasteiger partial charge >= 0.3 is 5.97 Å². The molecule has 0 amide bonds. The van der Waals surface area contributed by atoms with Crippen LogP contribution in [0.4, 0.5) is 5.13 Å². The highest BCUT2D eigenvalue weighted by molar-refractivity contribution is 7.15. The van der Waals surface area contributed by atoms with Crippen LogP contribution in [0.5, 0.6) is 0 Å². The molecule has 0 aliphatic carbocycles. The van der Waals surface area contributed by atoms with Gasteiger partial charge in [0, 0.05) is 11.1 Å². The number of carbonyl (C=O) groups excluding carboxylic acids is 1. The van der Waals surface area contributed by atoms with E-state index in [9.17, 15) is 4.79 Å². The molecule has 2 aromatic rings. The van der Waals surface area contributed by atoms with Crippen molar-refractivity contribution in [1.29, 1.82) is 0 Å². The lowest BCUT2D eigenvalue weighted by Gasteiger charge is -1.97. The molecule has 2 aromatic heterocycles. The average Bonchev–Trinajstić information content (AvgIpc) is 3.01. The predicted molar refractivity (Wildman–Crippen MR) is 72.4 cm³/mol. The predicted octanol–water partition coefficient (Wildman–Crippen LogP) is 2.29. The Morgan fingerprint density at radius 1 is 1.68 bits per heavy atom. The summed E-state index contributed by atoms with van der Waals surface area (Å²) >= 11 is 1.36. The Labute approximate surface area is 114 Å². The van der Waals surface area contributed by atoms with Gasteiger partial charge in [0.15, 0.2) is 0 Å². The molecule has 100 valence electrons. The Hall–Kier alpha value is -2.15. The topological polar surface area (TPSA) is 76.7 Å². The van der Waals surface area contributed by atoms with E-state index in [0.717, 1.165) is 4.88 Å². The molecule has 0 aliphatic heterocycles. The van der Waals surface area contributed by atoms with Crippen molar-refractivity contribution in [3.8, 4) is 0 Å². The van der Waals surface area contributed by atoms with E-state index < -0.39 is 0 Å². The normalized spacial score (nSPS) is 10.8. The molecule has 2 rings (SSSR count). The fraction of sp³-hybridized carbons (Fsp3) is 0.250. The van der Waals surface area contributed by atoms with Gasteiger partial charge in [-0.3, -0.25) is 10.2 Å². The average molecular weight is 279 g/mol. The number of aromatic nitrogens is 1. The molecule has 0 atom stereocenters. The van der Waals surface area contributed by atoms with Crippen LogP contribution in [0.1, 0.15) is 17.6 Å². The Bertz CT molecular complexity index is 548. The highest BCUT2D eigenvalue weighted by atomic mass is 32.1. The van der Waals surface area contributed by atoms with Crippen molar-refractivity contribution in [2.24, 2.45) is 5.10 Å². The monoisotopic (exact) mass is 279 g/mol. The molecule has 0 saturated heterocycles. The van der Waals surface area contributed by atoms with Crippen LogP contribution in [-0.4, -0.2) is 23.8 Å². The van der Waals surface area contributed by atoms with Crippen molar-refractivity contribution >= 4 is 28.7 Å². The number of hydrazone groups is 1. The third kappa shape index (κ3) is 4.22. The van der Waals surface area contributed by atoms with Crippen molar-refractivity contribution in [3.05, 3.63) is 35.2 Å². The first-order chi connectivity index (χ1) is 9.28. The number of carbonyl (C=O) groups is 1. The number of ether oxygens (including phenoxy) is 1. The summed E-state index contributed by atoms with van der Waals surface area (Å²) in [5.41, 5.74) is 2.77. The molecule has 19 heavy (non-hydrogen) atoms. The molecular formula is C12H13N3O3S. The van der Waals surface area contributed by atoms with Gasteiger partial charge in [-0.05, 0) is 19.1 Å². The first kappa shape index (κ1) is 13.3. The summed E-state index contributed by atoms with van der Waals surface area (Å²) in [6.45, 7) is 2.16. The molecule has 0 unspecified atom stereocenters. The van der Waals surface area contributed by atoms with Crippen LogP contribution in [0, 0.1) is 0 Å². The summed E-state index contributed by atoms with van der Waals surface area (Å²) in [4.78, 5) is 16.2. The van der Waals surface area contributed by atoms with E-state index in [1.807, 2.05) is 0 Å². The second-order valence-electron chi connectivity index (χ2n) is 3.50. The van der Waals surface area contributed by atoms with Gasteiger partial charge in [-0.1, -0.05) is 11.3 Å². The van der Waals surface area contributed by atoms with E-state index in [1.165, 1.54) is 11.3 Å². The quantitative estimate of drug-likeness (QED) is 0.498. The van der Waals surface area contributed by atoms with Gasteiger partial charge in [0.05, 0.1) is 25.5 Å². The number of nitrogens with zero attached hydrogens (tertiary/aromatic N) is 2. The zero-order valence-corrected chi connectivity index (χ0v) is 11.1. The molecular weight excluding hydrogens is 266 g/mol. The fourth-order valence-corrected chi connectivity index (χ4v) is 2.06. The number of rotatable bonds is 6. The van der Waals surface area contributed by atoms with Crippen molar-refractivity contribution in [3.63, 3.8) is 0 Å². The van der Waals surface area contributed by atoms with E-state index >= 15 is 0 Å². The zero-order chi connectivity index (χ0) is 13.5. The van der Waals surface area contributed by atoms with E-state index in [4.69, 9.17) is 9.15 Å². The second-order valence-corrected chi connectivity index (χ2v) is 4.61. The summed E-state index contributed by atoms with van der Waals surface area (Å²) in [7, 11) is 0. The van der Waals surface area contributed by atoms with E-state index in [-0.39, 0.29) is 12.4 Å². The van der Waals surface area contributed by atoms with Crippen LogP contribution in [0.3, 0.4) is 0 Å². The van der Waals surface area contributed by atoms with Gasteiger partial charge in [-0.2, -0.15) is 5.10 Å². The Morgan fingerprint density at radius 3 is 3.32 bits per heavy atom. The van der Waals surface area contributed by atoms with Crippen LogP contribution < -0.4 is 5.43 Å². The van der Waals surface area contributed by atoms with E-state index in [1.54, 1.807) is 37.7 Å². The largest absolute Gasteiger partial charge is 0.466 e. The number of hydrogen-bond donors (Lipinski definition) is 1. The number of nitrogens with one attached hydrogen (secondary N) is 1. The van der Waals surface area contributed by atoms with Gasteiger partial charge in [-0.25, -0.2) is 4.98 Å². The van der Waals surface area contributed by atoms with Crippen molar-refractivity contribution in [1.82, 2.24) is 4.98 Å². The molecule has 0 fully saturated rings. The standard InChI is InChI=1S/C12H13N3O3S/c1-2-17-11(16)6-10-8-13-12(19-10)15-14-7-9-4-3-5-18-9/h3-5,7-8H,2,6H2,1H3,(H,13,15)/b14-7+. The fourth-order valence-electron chi connectivity index (χ4n) is 1.31. The maximum atomic E-state index is 11.3. The molecule has 2 heterocycles. The van der Waals surface area contributed by atoms with Crippen LogP contribution in [-0.2, 0) is 16.0 Å². The number of hydrogen-bond acceptors (Lipinski definition) is 7. The molecule has 0 saturated carbocycles. The van der Waals surface area contributed by atoms with Crippen molar-refractivity contribution < 1.29 is 13.9 Å². The Balaban J connectivity index is 1.85. The number of furan rings is 1. The third-order valence-electron chi connectivity index (χ3n) is 2.07. The molecule has 0 radical (unpaired) electrons.